The smallest absolute Gasteiger partial charge is 0.526 e. The highest BCUT2D eigenvalue weighted by molar-refractivity contribution is 6.47. The fourth-order valence-electron chi connectivity index (χ4n) is 5.13. The van der Waals surface area contributed by atoms with Gasteiger partial charge in [0, 0.05) is 50.5 Å². The highest BCUT2D eigenvalue weighted by Gasteiger charge is 2.41. The maximum absolute atomic E-state index is 13.7. The summed E-state index contributed by atoms with van der Waals surface area (Å²) in [7, 11) is -1.33. The molecule has 0 radical (unpaired) electrons. The Morgan fingerprint density at radius 3 is 2.59 bits per heavy atom. The van der Waals surface area contributed by atoms with Crippen molar-refractivity contribution in [3.05, 3.63) is 52.0 Å². The van der Waals surface area contributed by atoms with Crippen molar-refractivity contribution in [1.82, 2.24) is 25.8 Å². The van der Waals surface area contributed by atoms with Crippen LogP contribution in [0.4, 0.5) is 9.59 Å². The maximum atomic E-state index is 13.7. The average molecular weight is 630 g/mol. The molecule has 2 atom stereocenters. The zero-order valence-corrected chi connectivity index (χ0v) is 24.9. The number of ketones is 1. The van der Waals surface area contributed by atoms with Crippen LogP contribution in [0.5, 0.6) is 17.2 Å². The summed E-state index contributed by atoms with van der Waals surface area (Å²) in [4.78, 5) is 66.1. The maximum Gasteiger partial charge on any atom is 0.526 e. The minimum atomic E-state index is -1.53. The molecule has 2 heterocycles. The summed E-state index contributed by atoms with van der Waals surface area (Å²) < 4.78 is 5.68. The summed E-state index contributed by atoms with van der Waals surface area (Å²) in [6.45, 7) is 3.90. The first-order chi connectivity index (χ1) is 20.9. The van der Waals surface area contributed by atoms with E-state index in [4.69, 9.17) is 16.3 Å². The molecule has 2 aliphatic heterocycles. The zero-order chi connectivity index (χ0) is 32.1. The van der Waals surface area contributed by atoms with Crippen molar-refractivity contribution < 1.29 is 43.9 Å². The second-order valence-corrected chi connectivity index (χ2v) is 10.8. The number of piperazine rings is 1. The number of aryl methyl sites for hydroxylation is 1. The SMILES string of the molecule is CCNC(=O)NCCN1CCN(C(=O)NC(C(=O)C[C@H]2Cc3cccc(C)c3OB2O)c2ccc(O)c(O)c2Cl)C(=O)C1=O. The van der Waals surface area contributed by atoms with Gasteiger partial charge in [-0.25, -0.2) is 9.59 Å². The van der Waals surface area contributed by atoms with Crippen LogP contribution in [-0.4, -0.2) is 94.5 Å². The summed E-state index contributed by atoms with van der Waals surface area (Å²) in [5, 5.41) is 37.9. The number of phenolic OH excluding ortho intramolecular Hbond substituents is 2. The summed E-state index contributed by atoms with van der Waals surface area (Å²) in [6, 6.07) is 4.78. The number of carbonyl (C=O) groups is 5. The number of aromatic hydroxyl groups is 2. The van der Waals surface area contributed by atoms with Crippen LogP contribution >= 0.6 is 11.6 Å². The monoisotopic (exact) mass is 629 g/mol. The number of benzene rings is 2. The quantitative estimate of drug-likeness (QED) is 0.134. The van der Waals surface area contributed by atoms with Gasteiger partial charge < -0.3 is 40.7 Å². The minimum Gasteiger partial charge on any atom is -0.536 e. The predicted molar refractivity (Wildman–Crippen MR) is 158 cm³/mol. The van der Waals surface area contributed by atoms with E-state index in [-0.39, 0.29) is 38.2 Å². The van der Waals surface area contributed by atoms with E-state index in [1.807, 2.05) is 25.1 Å². The predicted octanol–water partition coefficient (Wildman–Crippen LogP) is 1.25. The van der Waals surface area contributed by atoms with Gasteiger partial charge in [0.1, 0.15) is 11.8 Å². The van der Waals surface area contributed by atoms with Crippen LogP contribution in [0.3, 0.4) is 0 Å². The number of nitrogens with zero attached hydrogens (tertiary/aromatic N) is 2. The standard InChI is InChI=1S/C28H33BClN5O9/c1-3-31-27(41)32-9-10-34-11-12-35(26(40)25(34)39)28(42)33-22(18-7-8-19(36)23(38)21(18)30)20(37)14-17-13-16-6-4-5-15(2)24(16)44-29(17)43/h4-8,17,22,36,38,43H,3,9-14H2,1-2H3,(H,33,42)(H2,31,32,41)/t17-,22?/m1/s1. The first-order valence-corrected chi connectivity index (χ1v) is 14.4. The van der Waals surface area contributed by atoms with Crippen LogP contribution in [0.2, 0.25) is 10.8 Å². The van der Waals surface area contributed by atoms with E-state index in [0.717, 1.165) is 17.2 Å². The molecule has 0 aliphatic carbocycles. The molecule has 234 valence electrons. The Hall–Kier alpha value is -4.50. The fourth-order valence-corrected chi connectivity index (χ4v) is 5.40. The van der Waals surface area contributed by atoms with Gasteiger partial charge in [0.25, 0.3) is 0 Å². The van der Waals surface area contributed by atoms with Gasteiger partial charge in [0.2, 0.25) is 0 Å². The Morgan fingerprint density at radius 2 is 1.86 bits per heavy atom. The normalized spacial score (nSPS) is 17.0. The number of imide groups is 1. The van der Waals surface area contributed by atoms with E-state index in [9.17, 15) is 39.2 Å². The third-order valence-electron chi connectivity index (χ3n) is 7.46. The molecule has 0 bridgehead atoms. The van der Waals surface area contributed by atoms with Gasteiger partial charge in [-0.3, -0.25) is 19.3 Å². The summed E-state index contributed by atoms with van der Waals surface area (Å²) in [6.07, 6.45) is -0.000217. The van der Waals surface area contributed by atoms with Crippen LogP contribution in [-0.2, 0) is 20.8 Å². The van der Waals surface area contributed by atoms with Crippen molar-refractivity contribution in [2.75, 3.05) is 32.7 Å². The number of nitrogens with one attached hydrogen (secondary N) is 3. The number of halogens is 1. The van der Waals surface area contributed by atoms with Crippen molar-refractivity contribution in [3.8, 4) is 17.2 Å². The molecule has 0 spiro atoms. The van der Waals surface area contributed by atoms with Crippen LogP contribution in [0.1, 0.15) is 36.1 Å². The lowest BCUT2D eigenvalue weighted by molar-refractivity contribution is -0.153. The lowest BCUT2D eigenvalue weighted by Gasteiger charge is -2.34. The van der Waals surface area contributed by atoms with Crippen molar-refractivity contribution in [2.24, 2.45) is 0 Å². The van der Waals surface area contributed by atoms with Gasteiger partial charge in [-0.1, -0.05) is 35.9 Å². The Bertz CT molecular complexity index is 1480. The largest absolute Gasteiger partial charge is 0.536 e. The molecule has 44 heavy (non-hydrogen) atoms. The van der Waals surface area contributed by atoms with E-state index in [1.54, 1.807) is 6.92 Å². The van der Waals surface area contributed by atoms with E-state index >= 15 is 0 Å². The molecule has 2 aromatic carbocycles. The average Bonchev–Trinajstić information content (AvgIpc) is 2.98. The summed E-state index contributed by atoms with van der Waals surface area (Å²) >= 11 is 6.26. The van der Waals surface area contributed by atoms with Crippen molar-refractivity contribution in [2.45, 2.75) is 38.5 Å². The molecule has 2 aliphatic rings. The van der Waals surface area contributed by atoms with Crippen LogP contribution in [0, 0.1) is 6.92 Å². The summed E-state index contributed by atoms with van der Waals surface area (Å²) in [5.41, 5.74) is 1.54. The molecule has 6 N–H and O–H groups in total. The molecule has 0 saturated carbocycles. The third kappa shape index (κ3) is 7.00. The van der Waals surface area contributed by atoms with Crippen LogP contribution in [0.25, 0.3) is 0 Å². The van der Waals surface area contributed by atoms with Gasteiger partial charge in [-0.15, -0.1) is 0 Å². The Labute approximate surface area is 258 Å². The molecule has 2 aromatic rings. The van der Waals surface area contributed by atoms with Crippen LogP contribution in [0.15, 0.2) is 30.3 Å². The van der Waals surface area contributed by atoms with Gasteiger partial charge in [0.05, 0.1) is 5.02 Å². The lowest BCUT2D eigenvalue weighted by atomic mass is 9.64. The van der Waals surface area contributed by atoms with Gasteiger partial charge >= 0.3 is 31.0 Å². The molecule has 1 fully saturated rings. The number of Topliss-reactive ketones (excluding diaryl/α,β-unsaturated/α-hetero) is 1. The number of carbonyl (C=O) groups excluding carboxylic acids is 5. The second kappa shape index (κ2) is 13.9. The number of hydrogen-bond donors (Lipinski definition) is 6. The fraction of sp³-hybridized carbons (Fsp3) is 0.393. The lowest BCUT2D eigenvalue weighted by Crippen LogP contribution is -2.59. The molecule has 1 unspecified atom stereocenters. The number of fused-ring (bicyclic) bond motifs is 1. The molecule has 6 amide bonds. The van der Waals surface area contributed by atoms with Crippen LogP contribution < -0.4 is 20.6 Å². The Balaban J connectivity index is 1.50. The minimum absolute atomic E-state index is 0.0150. The van der Waals surface area contributed by atoms with E-state index < -0.39 is 65.2 Å². The molecular weight excluding hydrogens is 597 g/mol. The number of urea groups is 2. The number of amides is 6. The topological polar surface area (TPSA) is 198 Å². The van der Waals surface area contributed by atoms with Crippen molar-refractivity contribution in [1.29, 1.82) is 0 Å². The van der Waals surface area contributed by atoms with Gasteiger partial charge in [0.15, 0.2) is 17.3 Å². The first kappa shape index (κ1) is 32.4. The van der Waals surface area contributed by atoms with Crippen molar-refractivity contribution >= 4 is 48.4 Å². The molecule has 1 saturated heterocycles. The second-order valence-electron chi connectivity index (χ2n) is 10.5. The van der Waals surface area contributed by atoms with E-state index in [1.165, 1.54) is 11.0 Å². The molecule has 0 aromatic heterocycles. The third-order valence-corrected chi connectivity index (χ3v) is 7.86. The zero-order valence-electron chi connectivity index (χ0n) is 24.1. The Morgan fingerprint density at radius 1 is 1.11 bits per heavy atom. The number of phenols is 2. The molecule has 4 rings (SSSR count). The number of para-hydroxylation sites is 1. The van der Waals surface area contributed by atoms with Gasteiger partial charge in [-0.05, 0) is 37.5 Å². The van der Waals surface area contributed by atoms with Crippen molar-refractivity contribution in [3.63, 3.8) is 0 Å². The Kier molecular flexibility index (Phi) is 10.2. The number of hydrogen-bond acceptors (Lipinski definition) is 9. The first-order valence-electron chi connectivity index (χ1n) is 14.0. The number of rotatable bonds is 9. The molecular formula is C28H33BClN5O9. The highest BCUT2D eigenvalue weighted by atomic mass is 35.5. The molecule has 16 heteroatoms. The molecule has 14 nitrogen and oxygen atoms in total. The van der Waals surface area contributed by atoms with E-state index in [2.05, 4.69) is 16.0 Å². The highest BCUT2D eigenvalue weighted by Crippen LogP contribution is 2.40. The summed E-state index contributed by atoms with van der Waals surface area (Å²) in [5.74, 6) is -4.20. The van der Waals surface area contributed by atoms with E-state index in [0.29, 0.717) is 23.6 Å². The van der Waals surface area contributed by atoms with Gasteiger partial charge in [-0.2, -0.15) is 0 Å².